The van der Waals surface area contributed by atoms with Crippen LogP contribution in [0.3, 0.4) is 0 Å². The number of carbonyl (C=O) groups is 1. The summed E-state index contributed by atoms with van der Waals surface area (Å²) in [6.07, 6.45) is 3.86. The molecule has 0 radical (unpaired) electrons. The number of benzene rings is 2. The van der Waals surface area contributed by atoms with Crippen molar-refractivity contribution >= 4 is 22.5 Å². The first-order valence-corrected chi connectivity index (χ1v) is 10.8. The molecule has 1 atom stereocenters. The topological polar surface area (TPSA) is 67.2 Å². The Morgan fingerprint density at radius 1 is 1.03 bits per heavy atom. The lowest BCUT2D eigenvalue weighted by atomic mass is 10.2. The molecule has 6 nitrogen and oxygen atoms in total. The van der Waals surface area contributed by atoms with Crippen LogP contribution in [0.1, 0.15) is 37.5 Å². The monoisotopic (exact) mass is 402 g/mol. The van der Waals surface area contributed by atoms with E-state index in [0.29, 0.717) is 24.8 Å². The number of likely N-dealkylation sites (tertiary alicyclic amines) is 1. The van der Waals surface area contributed by atoms with Crippen LogP contribution in [0.5, 0.6) is 0 Å². The molecule has 6 heteroatoms. The highest BCUT2D eigenvalue weighted by atomic mass is 16.2. The molecule has 30 heavy (non-hydrogen) atoms. The van der Waals surface area contributed by atoms with Gasteiger partial charge in [-0.2, -0.15) is 0 Å². The summed E-state index contributed by atoms with van der Waals surface area (Å²) in [6.45, 7) is 1.48. The molecule has 2 aliphatic rings. The Bertz CT molecular complexity index is 1120. The molecule has 1 saturated carbocycles. The second kappa shape index (κ2) is 7.94. The van der Waals surface area contributed by atoms with E-state index in [4.69, 9.17) is 4.98 Å². The van der Waals surface area contributed by atoms with Crippen LogP contribution in [0.15, 0.2) is 59.4 Å². The van der Waals surface area contributed by atoms with E-state index in [1.54, 1.807) is 0 Å². The molecule has 1 aromatic heterocycles. The molecule has 0 spiro atoms. The molecule has 1 aliphatic carbocycles. The first-order valence-electron chi connectivity index (χ1n) is 10.8. The summed E-state index contributed by atoms with van der Waals surface area (Å²) < 4.78 is 1.83. The molecule has 2 aromatic carbocycles. The van der Waals surface area contributed by atoms with Crippen molar-refractivity contribution in [2.75, 3.05) is 18.4 Å². The predicted octanol–water partition coefficient (Wildman–Crippen LogP) is 3.38. The Hall–Kier alpha value is -3.15. The molecule has 1 saturated heterocycles. The van der Waals surface area contributed by atoms with Gasteiger partial charge < -0.3 is 10.2 Å². The van der Waals surface area contributed by atoms with E-state index >= 15 is 0 Å². The Morgan fingerprint density at radius 2 is 1.80 bits per heavy atom. The summed E-state index contributed by atoms with van der Waals surface area (Å²) in [5, 5.41) is 4.17. The molecule has 5 rings (SSSR count). The van der Waals surface area contributed by atoms with Gasteiger partial charge in [-0.3, -0.25) is 14.2 Å². The van der Waals surface area contributed by atoms with E-state index in [-0.39, 0.29) is 23.6 Å². The third-order valence-corrected chi connectivity index (χ3v) is 6.04. The summed E-state index contributed by atoms with van der Waals surface area (Å²) in [7, 11) is 0. The minimum absolute atomic E-state index is 0.0267. The zero-order valence-electron chi connectivity index (χ0n) is 17.0. The SMILES string of the molecule is O=C(CCc1nc2ccccc2c(=O)n1C1CC1)N1CCC(Nc2ccccc2)C1. The molecule has 3 aromatic rings. The Balaban J connectivity index is 1.26. The van der Waals surface area contributed by atoms with Crippen LogP contribution >= 0.6 is 0 Å². The second-order valence-corrected chi connectivity index (χ2v) is 8.29. The zero-order chi connectivity index (χ0) is 20.5. The highest BCUT2D eigenvalue weighted by Gasteiger charge is 2.30. The number of nitrogens with zero attached hydrogens (tertiary/aromatic N) is 3. The summed E-state index contributed by atoms with van der Waals surface area (Å²) in [5.41, 5.74) is 1.83. The van der Waals surface area contributed by atoms with Gasteiger partial charge in [-0.15, -0.1) is 0 Å². The summed E-state index contributed by atoms with van der Waals surface area (Å²) >= 11 is 0. The lowest BCUT2D eigenvalue weighted by Gasteiger charge is -2.18. The van der Waals surface area contributed by atoms with Gasteiger partial charge >= 0.3 is 0 Å². The Labute approximate surface area is 175 Å². The van der Waals surface area contributed by atoms with Crippen molar-refractivity contribution in [1.29, 1.82) is 0 Å². The first-order chi connectivity index (χ1) is 14.7. The maximum atomic E-state index is 13.0. The Morgan fingerprint density at radius 3 is 2.60 bits per heavy atom. The zero-order valence-corrected chi connectivity index (χ0v) is 17.0. The molecular weight excluding hydrogens is 376 g/mol. The maximum Gasteiger partial charge on any atom is 0.261 e. The van der Waals surface area contributed by atoms with Crippen LogP contribution in [0, 0.1) is 0 Å². The fraction of sp³-hybridized carbons (Fsp3) is 0.375. The molecular formula is C24H26N4O2. The third kappa shape index (κ3) is 3.82. The number of fused-ring (bicyclic) bond motifs is 1. The van der Waals surface area contributed by atoms with Gasteiger partial charge in [-0.05, 0) is 43.5 Å². The highest BCUT2D eigenvalue weighted by molar-refractivity contribution is 5.78. The standard InChI is InChI=1S/C24H26N4O2/c29-23(27-15-14-18(16-27)25-17-6-2-1-3-7-17)13-12-22-26-21-9-5-4-8-20(21)24(30)28(22)19-10-11-19/h1-9,18-19,25H,10-16H2. The number of nitrogens with one attached hydrogen (secondary N) is 1. The number of carbonyl (C=O) groups excluding carboxylic acids is 1. The van der Waals surface area contributed by atoms with Gasteiger partial charge in [0.1, 0.15) is 5.82 Å². The van der Waals surface area contributed by atoms with Crippen molar-refractivity contribution in [1.82, 2.24) is 14.5 Å². The number of hydrogen-bond acceptors (Lipinski definition) is 4. The summed E-state index contributed by atoms with van der Waals surface area (Å²) in [4.78, 5) is 32.5. The molecule has 1 amide bonds. The number of aromatic nitrogens is 2. The Kier molecular flexibility index (Phi) is 4.99. The second-order valence-electron chi connectivity index (χ2n) is 8.29. The lowest BCUT2D eigenvalue weighted by Crippen LogP contribution is -2.32. The molecule has 1 N–H and O–H groups in total. The number of hydrogen-bond donors (Lipinski definition) is 1. The summed E-state index contributed by atoms with van der Waals surface area (Å²) in [6, 6.07) is 18.1. The third-order valence-electron chi connectivity index (χ3n) is 6.04. The van der Waals surface area contributed by atoms with Gasteiger partial charge in [0, 0.05) is 43.7 Å². The molecule has 154 valence electrons. The fourth-order valence-electron chi connectivity index (χ4n) is 4.33. The van der Waals surface area contributed by atoms with E-state index in [1.165, 1.54) is 0 Å². The normalized spacial score (nSPS) is 18.7. The largest absolute Gasteiger partial charge is 0.380 e. The van der Waals surface area contributed by atoms with Gasteiger partial charge in [-0.25, -0.2) is 4.98 Å². The molecule has 0 bridgehead atoms. The summed E-state index contributed by atoms with van der Waals surface area (Å²) in [5.74, 6) is 0.879. The van der Waals surface area contributed by atoms with Crippen molar-refractivity contribution in [3.8, 4) is 0 Å². The lowest BCUT2D eigenvalue weighted by molar-refractivity contribution is -0.130. The number of para-hydroxylation sites is 2. The predicted molar refractivity (Wildman–Crippen MR) is 118 cm³/mol. The van der Waals surface area contributed by atoms with Gasteiger partial charge in [0.25, 0.3) is 5.56 Å². The van der Waals surface area contributed by atoms with Crippen LogP contribution in [0.2, 0.25) is 0 Å². The van der Waals surface area contributed by atoms with Gasteiger partial charge in [0.05, 0.1) is 10.9 Å². The number of amides is 1. The van der Waals surface area contributed by atoms with Gasteiger partial charge in [0.2, 0.25) is 5.91 Å². The van der Waals surface area contributed by atoms with E-state index in [9.17, 15) is 9.59 Å². The van der Waals surface area contributed by atoms with Crippen molar-refractivity contribution in [3.05, 3.63) is 70.8 Å². The van der Waals surface area contributed by atoms with Crippen LogP contribution in [-0.4, -0.2) is 39.5 Å². The van der Waals surface area contributed by atoms with Crippen molar-refractivity contribution in [2.24, 2.45) is 0 Å². The van der Waals surface area contributed by atoms with Crippen molar-refractivity contribution in [3.63, 3.8) is 0 Å². The first kappa shape index (κ1) is 18.9. The minimum atomic E-state index is 0.0267. The average Bonchev–Trinajstić information content (AvgIpc) is 3.50. The number of anilines is 1. The molecule has 2 heterocycles. The number of rotatable bonds is 6. The van der Waals surface area contributed by atoms with E-state index < -0.39 is 0 Å². The molecule has 1 unspecified atom stereocenters. The quantitative estimate of drug-likeness (QED) is 0.686. The molecule has 1 aliphatic heterocycles. The molecule has 2 fully saturated rings. The minimum Gasteiger partial charge on any atom is -0.380 e. The van der Waals surface area contributed by atoms with Crippen LogP contribution in [0.4, 0.5) is 5.69 Å². The fourth-order valence-corrected chi connectivity index (χ4v) is 4.33. The van der Waals surface area contributed by atoms with Gasteiger partial charge in [0.15, 0.2) is 0 Å². The smallest absolute Gasteiger partial charge is 0.261 e. The highest BCUT2D eigenvalue weighted by Crippen LogP contribution is 2.35. The maximum absolute atomic E-state index is 13.0. The average molecular weight is 402 g/mol. The van der Waals surface area contributed by atoms with E-state index in [2.05, 4.69) is 5.32 Å². The van der Waals surface area contributed by atoms with Crippen LogP contribution < -0.4 is 10.9 Å². The van der Waals surface area contributed by atoms with Crippen LogP contribution in [-0.2, 0) is 11.2 Å². The van der Waals surface area contributed by atoms with E-state index in [0.717, 1.165) is 42.8 Å². The van der Waals surface area contributed by atoms with Crippen molar-refractivity contribution < 1.29 is 4.79 Å². The van der Waals surface area contributed by atoms with E-state index in [1.807, 2.05) is 64.1 Å². The van der Waals surface area contributed by atoms with Crippen molar-refractivity contribution in [2.45, 2.75) is 44.2 Å². The van der Waals surface area contributed by atoms with Gasteiger partial charge in [-0.1, -0.05) is 30.3 Å². The van der Waals surface area contributed by atoms with Crippen LogP contribution in [0.25, 0.3) is 10.9 Å². The number of aryl methyl sites for hydroxylation is 1.